The maximum absolute atomic E-state index is 11.2. The highest BCUT2D eigenvalue weighted by Crippen LogP contribution is 2.28. The number of ether oxygens (including phenoxy) is 1. The number of carbonyl (C=O) groups is 2. The lowest BCUT2D eigenvalue weighted by Crippen LogP contribution is -2.05. The molecule has 0 spiro atoms. The van der Waals surface area contributed by atoms with Gasteiger partial charge in [0, 0.05) is 18.4 Å². The molecule has 16 heavy (non-hydrogen) atoms. The molecule has 1 aromatic heterocycles. The van der Waals surface area contributed by atoms with E-state index < -0.39 is 11.2 Å². The second-order valence-electron chi connectivity index (χ2n) is 3.17. The van der Waals surface area contributed by atoms with Gasteiger partial charge in [-0.1, -0.05) is 0 Å². The van der Waals surface area contributed by atoms with Gasteiger partial charge in [0.05, 0.1) is 11.8 Å². The molecule has 0 amide bonds. The fraction of sp³-hybridized carbons (Fsp3) is 0.0909. The lowest BCUT2D eigenvalue weighted by molar-refractivity contribution is -0.131. The third-order valence-electron chi connectivity index (χ3n) is 2.02. The number of benzene rings is 1. The predicted molar refractivity (Wildman–Crippen MR) is 57.7 cm³/mol. The highest BCUT2D eigenvalue weighted by Gasteiger charge is 2.14. The lowest BCUT2D eigenvalue weighted by Gasteiger charge is -2.05. The molecule has 2 rings (SSSR count). The first-order valence-electron chi connectivity index (χ1n) is 4.47. The quantitative estimate of drug-likeness (QED) is 0.459. The molecule has 82 valence electrons. The minimum atomic E-state index is -0.681. The minimum Gasteiger partial charge on any atom is -0.464 e. The maximum Gasteiger partial charge on any atom is 0.308 e. The second kappa shape index (κ2) is 3.98. The van der Waals surface area contributed by atoms with Crippen LogP contribution in [-0.2, 0) is 4.79 Å². The van der Waals surface area contributed by atoms with Crippen LogP contribution in [0.5, 0.6) is 5.75 Å². The van der Waals surface area contributed by atoms with Gasteiger partial charge < -0.3 is 9.15 Å². The number of esters is 1. The van der Waals surface area contributed by atoms with Gasteiger partial charge in [0.2, 0.25) is 0 Å². The Labute approximate surface area is 95.7 Å². The molecule has 0 aliphatic rings. The van der Waals surface area contributed by atoms with E-state index in [2.05, 4.69) is 0 Å². The van der Waals surface area contributed by atoms with Crippen LogP contribution in [-0.4, -0.2) is 11.2 Å². The molecule has 0 saturated heterocycles. The van der Waals surface area contributed by atoms with E-state index in [1.807, 2.05) is 0 Å². The summed E-state index contributed by atoms with van der Waals surface area (Å²) in [5, 5.41) is 0.0410. The third kappa shape index (κ3) is 1.92. The summed E-state index contributed by atoms with van der Waals surface area (Å²) in [7, 11) is 0. The minimum absolute atomic E-state index is 0.106. The van der Waals surface area contributed by atoms with Crippen LogP contribution in [0.3, 0.4) is 0 Å². The molecule has 0 aliphatic carbocycles. The summed E-state index contributed by atoms with van der Waals surface area (Å²) in [6.45, 7) is 1.24. The van der Waals surface area contributed by atoms with Crippen molar-refractivity contribution in [3.63, 3.8) is 0 Å². The van der Waals surface area contributed by atoms with Gasteiger partial charge in [-0.3, -0.25) is 9.59 Å². The SMILES string of the molecule is CC(=O)Oc1cc2occc2cc1C(=O)Cl. The Balaban J connectivity index is 2.62. The van der Waals surface area contributed by atoms with Crippen molar-refractivity contribution in [3.8, 4) is 5.75 Å². The molecule has 0 fully saturated rings. The molecule has 0 bridgehead atoms. The van der Waals surface area contributed by atoms with Gasteiger partial charge in [-0.15, -0.1) is 0 Å². The van der Waals surface area contributed by atoms with E-state index in [4.69, 9.17) is 20.8 Å². The lowest BCUT2D eigenvalue weighted by atomic mass is 10.1. The number of fused-ring (bicyclic) bond motifs is 1. The molecule has 0 saturated carbocycles. The van der Waals surface area contributed by atoms with Crippen LogP contribution < -0.4 is 4.74 Å². The van der Waals surface area contributed by atoms with E-state index >= 15 is 0 Å². The fourth-order valence-corrected chi connectivity index (χ4v) is 1.53. The van der Waals surface area contributed by atoms with Crippen molar-refractivity contribution in [1.29, 1.82) is 0 Å². The summed E-state index contributed by atoms with van der Waals surface area (Å²) < 4.78 is 10.0. The van der Waals surface area contributed by atoms with Crippen LogP contribution in [0.25, 0.3) is 11.0 Å². The van der Waals surface area contributed by atoms with Gasteiger partial charge in [-0.05, 0) is 23.7 Å². The number of furan rings is 1. The fourth-order valence-electron chi connectivity index (χ4n) is 1.38. The van der Waals surface area contributed by atoms with Crippen molar-refractivity contribution in [1.82, 2.24) is 0 Å². The summed E-state index contributed by atoms with van der Waals surface area (Å²) in [4.78, 5) is 22.0. The van der Waals surface area contributed by atoms with Crippen LogP contribution in [0, 0.1) is 0 Å². The largest absolute Gasteiger partial charge is 0.464 e. The summed E-state index contributed by atoms with van der Waals surface area (Å²) in [5.74, 6) is -0.417. The van der Waals surface area contributed by atoms with Crippen molar-refractivity contribution in [2.75, 3.05) is 0 Å². The molecular formula is C11H7ClO4. The predicted octanol–water partition coefficient (Wildman–Crippen LogP) is 2.74. The topological polar surface area (TPSA) is 56.5 Å². The Morgan fingerprint density at radius 1 is 1.38 bits per heavy atom. The zero-order chi connectivity index (χ0) is 11.7. The van der Waals surface area contributed by atoms with Gasteiger partial charge in [-0.2, -0.15) is 0 Å². The van der Waals surface area contributed by atoms with Crippen LogP contribution in [0.4, 0.5) is 0 Å². The monoisotopic (exact) mass is 238 g/mol. The van der Waals surface area contributed by atoms with Crippen LogP contribution in [0.1, 0.15) is 17.3 Å². The average Bonchev–Trinajstić information content (AvgIpc) is 2.62. The number of hydrogen-bond donors (Lipinski definition) is 0. The second-order valence-corrected chi connectivity index (χ2v) is 3.52. The smallest absolute Gasteiger partial charge is 0.308 e. The molecule has 5 heteroatoms. The molecule has 0 unspecified atom stereocenters. The van der Waals surface area contributed by atoms with E-state index in [0.29, 0.717) is 5.58 Å². The standard InChI is InChI=1S/C11H7ClO4/c1-6(13)16-10-5-9-7(2-3-15-9)4-8(10)11(12)14/h2-5H,1H3. The number of rotatable bonds is 2. The first-order valence-corrected chi connectivity index (χ1v) is 4.85. The molecule has 2 aromatic rings. The summed E-state index contributed by atoms with van der Waals surface area (Å²) in [5.41, 5.74) is 0.670. The normalized spacial score (nSPS) is 10.4. The van der Waals surface area contributed by atoms with E-state index in [9.17, 15) is 9.59 Å². The summed E-state index contributed by atoms with van der Waals surface area (Å²) in [6.07, 6.45) is 1.48. The maximum atomic E-state index is 11.2. The van der Waals surface area contributed by atoms with E-state index in [1.54, 1.807) is 6.07 Å². The van der Waals surface area contributed by atoms with Crippen LogP contribution in [0.2, 0.25) is 0 Å². The molecule has 0 N–H and O–H groups in total. The highest BCUT2D eigenvalue weighted by atomic mass is 35.5. The molecular weight excluding hydrogens is 232 g/mol. The number of hydrogen-bond acceptors (Lipinski definition) is 4. The Morgan fingerprint density at radius 2 is 2.12 bits per heavy atom. The average molecular weight is 239 g/mol. The molecule has 1 heterocycles. The van der Waals surface area contributed by atoms with Gasteiger partial charge in [0.1, 0.15) is 11.3 Å². The van der Waals surface area contributed by atoms with Crippen molar-refractivity contribution in [3.05, 3.63) is 30.0 Å². The van der Waals surface area contributed by atoms with Crippen molar-refractivity contribution < 1.29 is 18.7 Å². The number of carbonyl (C=O) groups excluding carboxylic acids is 2. The van der Waals surface area contributed by atoms with Gasteiger partial charge in [0.15, 0.2) is 0 Å². The van der Waals surface area contributed by atoms with Gasteiger partial charge in [0.25, 0.3) is 5.24 Å². The Hall–Kier alpha value is -1.81. The van der Waals surface area contributed by atoms with Gasteiger partial charge in [-0.25, -0.2) is 0 Å². The van der Waals surface area contributed by atoms with Crippen molar-refractivity contribution in [2.24, 2.45) is 0 Å². The van der Waals surface area contributed by atoms with Crippen molar-refractivity contribution >= 4 is 33.8 Å². The Bertz CT molecular complexity index is 570. The molecule has 0 aliphatic heterocycles. The third-order valence-corrected chi connectivity index (χ3v) is 2.22. The first kappa shape index (κ1) is 10.7. The highest BCUT2D eigenvalue weighted by molar-refractivity contribution is 6.68. The summed E-state index contributed by atoms with van der Waals surface area (Å²) >= 11 is 5.40. The molecule has 4 nitrogen and oxygen atoms in total. The zero-order valence-electron chi connectivity index (χ0n) is 8.32. The summed E-state index contributed by atoms with van der Waals surface area (Å²) in [6, 6.07) is 4.68. The Morgan fingerprint density at radius 3 is 2.75 bits per heavy atom. The van der Waals surface area contributed by atoms with E-state index in [0.717, 1.165) is 5.39 Å². The number of halogens is 1. The van der Waals surface area contributed by atoms with E-state index in [1.165, 1.54) is 25.3 Å². The zero-order valence-corrected chi connectivity index (χ0v) is 9.08. The molecule has 0 atom stereocenters. The van der Waals surface area contributed by atoms with Crippen LogP contribution >= 0.6 is 11.6 Å². The molecule has 0 radical (unpaired) electrons. The van der Waals surface area contributed by atoms with Crippen LogP contribution in [0.15, 0.2) is 28.9 Å². The molecule has 1 aromatic carbocycles. The Kier molecular flexibility index (Phi) is 2.66. The van der Waals surface area contributed by atoms with Crippen molar-refractivity contribution in [2.45, 2.75) is 6.92 Å². The van der Waals surface area contributed by atoms with E-state index in [-0.39, 0.29) is 11.3 Å². The first-order chi connectivity index (χ1) is 7.58. The van der Waals surface area contributed by atoms with Gasteiger partial charge >= 0.3 is 5.97 Å².